The number of aryl methyl sites for hydroxylation is 2. The highest BCUT2D eigenvalue weighted by atomic mass is 32.2. The highest BCUT2D eigenvalue weighted by molar-refractivity contribution is 7.99. The van der Waals surface area contributed by atoms with Crippen molar-refractivity contribution in [3.63, 3.8) is 0 Å². The van der Waals surface area contributed by atoms with Crippen LogP contribution in [-0.2, 0) is 23.7 Å². The van der Waals surface area contributed by atoms with Crippen molar-refractivity contribution in [1.82, 2.24) is 0 Å². The summed E-state index contributed by atoms with van der Waals surface area (Å²) >= 11 is 2.14. The largest absolute Gasteiger partial charge is 0.0892 e. The van der Waals surface area contributed by atoms with Crippen molar-refractivity contribution in [2.75, 3.05) is 0 Å². The van der Waals surface area contributed by atoms with Gasteiger partial charge in [0.05, 0.1) is 0 Å². The summed E-state index contributed by atoms with van der Waals surface area (Å²) in [6, 6.07) is 12.8. The van der Waals surface area contributed by atoms with Crippen LogP contribution in [0.15, 0.2) is 21.9 Å². The molecule has 0 aliphatic carbocycles. The lowest BCUT2D eigenvalue weighted by Gasteiger charge is -2.32. The molecule has 0 spiro atoms. The summed E-state index contributed by atoms with van der Waals surface area (Å²) in [6.07, 6.45) is 26.4. The summed E-state index contributed by atoms with van der Waals surface area (Å²) in [5.74, 6) is 3.78. The highest BCUT2D eigenvalue weighted by Gasteiger charge is 2.29. The Morgan fingerprint density at radius 1 is 0.545 bits per heavy atom. The molecular weight excluding hydrogens is 681 g/mol. The maximum atomic E-state index is 4.35. The fraction of sp³-hybridized carbons (Fsp3) is 0.778. The Balaban J connectivity index is 2.87. The first-order chi connectivity index (χ1) is 25.8. The second-order valence-electron chi connectivity index (χ2n) is 21.4. The minimum Gasteiger partial charge on any atom is -0.0892 e. The van der Waals surface area contributed by atoms with Crippen LogP contribution in [0.1, 0.15) is 252 Å². The van der Waals surface area contributed by atoms with Crippen LogP contribution in [0.4, 0.5) is 0 Å². The Labute approximate surface area is 350 Å². The summed E-state index contributed by atoms with van der Waals surface area (Å²) in [4.78, 5) is 3.07. The van der Waals surface area contributed by atoms with Gasteiger partial charge >= 0.3 is 0 Å². The fourth-order valence-electron chi connectivity index (χ4n) is 8.26. The maximum absolute atomic E-state index is 4.35. The van der Waals surface area contributed by atoms with Crippen molar-refractivity contribution in [2.45, 2.75) is 259 Å². The number of benzene rings is 2. The first-order valence-electron chi connectivity index (χ1n) is 23.6. The van der Waals surface area contributed by atoms with Crippen LogP contribution >= 0.6 is 11.8 Å². The average molecular weight is 773 g/mol. The van der Waals surface area contributed by atoms with Gasteiger partial charge in [-0.05, 0) is 137 Å². The van der Waals surface area contributed by atoms with Gasteiger partial charge in [-0.1, -0.05) is 205 Å². The zero-order valence-electron chi connectivity index (χ0n) is 39.6. The van der Waals surface area contributed by atoms with Gasteiger partial charge in [-0.25, -0.2) is 0 Å². The van der Waals surface area contributed by atoms with Crippen LogP contribution < -0.4 is 0 Å². The van der Waals surface area contributed by atoms with Crippen molar-refractivity contribution in [3.05, 3.63) is 57.6 Å². The predicted molar refractivity (Wildman–Crippen MR) is 249 cm³/mol. The van der Waals surface area contributed by atoms with Gasteiger partial charge in [0.25, 0.3) is 0 Å². The molecule has 0 aromatic heterocycles. The first-order valence-corrected chi connectivity index (χ1v) is 24.4. The van der Waals surface area contributed by atoms with E-state index in [2.05, 4.69) is 140 Å². The fourth-order valence-corrected chi connectivity index (χ4v) is 9.61. The highest BCUT2D eigenvalue weighted by Crippen LogP contribution is 2.47. The topological polar surface area (TPSA) is 0 Å². The lowest BCUT2D eigenvalue weighted by atomic mass is 9.76. The third kappa shape index (κ3) is 19.4. The molecule has 0 atom stereocenters. The van der Waals surface area contributed by atoms with E-state index in [1.807, 2.05) is 0 Å². The van der Waals surface area contributed by atoms with Crippen molar-refractivity contribution in [1.29, 1.82) is 0 Å². The van der Waals surface area contributed by atoms with E-state index in [1.165, 1.54) is 150 Å². The number of hydrogen-bond acceptors (Lipinski definition) is 1. The quantitative estimate of drug-likeness (QED) is 0.0815. The molecule has 0 bridgehead atoms. The third-order valence-corrected chi connectivity index (χ3v) is 13.1. The van der Waals surface area contributed by atoms with Gasteiger partial charge in [-0.3, -0.25) is 0 Å². The second-order valence-corrected chi connectivity index (χ2v) is 22.5. The Morgan fingerprint density at radius 3 is 1.42 bits per heavy atom. The minimum atomic E-state index is 0.0484. The van der Waals surface area contributed by atoms with Gasteiger partial charge in [0.15, 0.2) is 0 Å². The lowest BCUT2D eigenvalue weighted by molar-refractivity contribution is 0.457. The van der Waals surface area contributed by atoms with Crippen molar-refractivity contribution < 1.29 is 0 Å². The molecule has 0 aliphatic rings. The minimum absolute atomic E-state index is 0.0484. The van der Waals surface area contributed by atoms with E-state index in [9.17, 15) is 0 Å². The lowest BCUT2D eigenvalue weighted by Crippen LogP contribution is -2.19. The molecule has 0 nitrogen and oxygen atoms in total. The molecule has 0 amide bonds. The van der Waals surface area contributed by atoms with Crippen molar-refractivity contribution in [3.8, 4) is 0 Å². The van der Waals surface area contributed by atoms with Gasteiger partial charge in [-0.15, -0.1) is 0 Å². The van der Waals surface area contributed by atoms with Crippen LogP contribution in [-0.4, -0.2) is 0 Å². The SMILES string of the molecule is Cc1c[c]c(C(C)(C)C)cc1Sc1c(CCCCCC(C)C)c(C(C)(C)C)[c]c(CCCCCC(C)C)c1C(CCCCCC(C)C)CCCCCC(C)C. The summed E-state index contributed by atoms with van der Waals surface area (Å²) in [5.41, 5.74) is 9.24. The van der Waals surface area contributed by atoms with E-state index in [-0.39, 0.29) is 10.8 Å². The average Bonchev–Trinajstić information content (AvgIpc) is 3.06. The second kappa shape index (κ2) is 25.3. The van der Waals surface area contributed by atoms with Gasteiger partial charge in [-0.2, -0.15) is 0 Å². The Hall–Kier alpha value is -1.21. The third-order valence-electron chi connectivity index (χ3n) is 11.8. The van der Waals surface area contributed by atoms with E-state index in [4.69, 9.17) is 0 Å². The van der Waals surface area contributed by atoms with E-state index < -0.39 is 0 Å². The van der Waals surface area contributed by atoms with Gasteiger partial charge in [0.1, 0.15) is 0 Å². The molecule has 0 N–H and O–H groups in total. The molecule has 2 rings (SSSR count). The molecule has 0 heterocycles. The molecule has 0 saturated carbocycles. The molecule has 0 fully saturated rings. The summed E-state index contributed by atoms with van der Waals surface area (Å²) in [6.45, 7) is 35.8. The summed E-state index contributed by atoms with van der Waals surface area (Å²) < 4.78 is 0. The van der Waals surface area contributed by atoms with E-state index in [1.54, 1.807) is 21.6 Å². The Morgan fingerprint density at radius 2 is 0.982 bits per heavy atom. The van der Waals surface area contributed by atoms with E-state index in [0.29, 0.717) is 5.92 Å². The van der Waals surface area contributed by atoms with E-state index in [0.717, 1.165) is 23.7 Å². The molecule has 0 aliphatic heterocycles. The van der Waals surface area contributed by atoms with Gasteiger partial charge in [0.2, 0.25) is 0 Å². The van der Waals surface area contributed by atoms with Crippen LogP contribution in [0.5, 0.6) is 0 Å². The predicted octanol–water partition coefficient (Wildman–Crippen LogP) is 18.2. The number of hydrogen-bond donors (Lipinski definition) is 0. The number of unbranched alkanes of at least 4 members (excludes halogenated alkanes) is 8. The molecule has 0 unspecified atom stereocenters. The zero-order valence-corrected chi connectivity index (χ0v) is 40.4. The van der Waals surface area contributed by atoms with Gasteiger partial charge < -0.3 is 0 Å². The summed E-state index contributed by atoms with van der Waals surface area (Å²) in [5, 5.41) is 0. The van der Waals surface area contributed by atoms with Crippen LogP contribution in [0.2, 0.25) is 0 Å². The molecular formula is C54H92S. The van der Waals surface area contributed by atoms with Crippen LogP contribution in [0.3, 0.4) is 0 Å². The van der Waals surface area contributed by atoms with Gasteiger partial charge in [0, 0.05) is 9.79 Å². The molecule has 2 radical (unpaired) electrons. The standard InChI is InChI=1S/C54H92S/c1-40(2)28-20-16-24-32-45(33-25-17-21-29-41(3)4)51-46(34-26-18-22-30-42(5)6)38-49(54(13,14)15)48(35-27-19-23-31-43(7)8)52(51)55-50-39-47(53(10,11)12)37-36-44(50)9/h36,39-43,45H,16-35H2,1-15H3. The molecule has 1 heteroatoms. The Kier molecular flexibility index (Phi) is 23.0. The smallest absolute Gasteiger partial charge is 0.0195 e. The Bertz CT molecular complexity index is 1310. The van der Waals surface area contributed by atoms with Crippen molar-refractivity contribution >= 4 is 11.8 Å². The molecule has 55 heavy (non-hydrogen) atoms. The van der Waals surface area contributed by atoms with Crippen LogP contribution in [0, 0.1) is 42.7 Å². The molecule has 2 aromatic rings. The maximum Gasteiger partial charge on any atom is 0.0195 e. The van der Waals surface area contributed by atoms with E-state index >= 15 is 0 Å². The monoisotopic (exact) mass is 773 g/mol. The molecule has 314 valence electrons. The van der Waals surface area contributed by atoms with Crippen LogP contribution in [0.25, 0.3) is 0 Å². The number of rotatable bonds is 27. The van der Waals surface area contributed by atoms with Crippen molar-refractivity contribution in [2.24, 2.45) is 23.7 Å². The molecule has 2 aromatic carbocycles. The first kappa shape index (κ1) is 49.9. The summed E-state index contributed by atoms with van der Waals surface area (Å²) in [7, 11) is 0. The molecule has 0 saturated heterocycles. The zero-order chi connectivity index (χ0) is 41.2. The normalized spacial score (nSPS) is 12.8.